The van der Waals surface area contributed by atoms with Gasteiger partial charge in [-0.1, -0.05) is 24.3 Å². The van der Waals surface area contributed by atoms with Crippen LogP contribution in [-0.2, 0) is 0 Å². The van der Waals surface area contributed by atoms with E-state index in [0.29, 0.717) is 5.56 Å². The van der Waals surface area contributed by atoms with Crippen LogP contribution in [0.1, 0.15) is 23.2 Å². The Hall–Kier alpha value is -2.07. The monoisotopic (exact) mass is 284 g/mol. The molecule has 1 fully saturated rings. The van der Waals surface area contributed by atoms with Crippen molar-refractivity contribution in [3.63, 3.8) is 0 Å². The number of carboxylic acid groups (broad SMARTS) is 1. The second kappa shape index (κ2) is 6.14. The maximum absolute atomic E-state index is 11.3. The second-order valence-electron chi connectivity index (χ2n) is 5.49. The third-order valence-electron chi connectivity index (χ3n) is 4.10. The van der Waals surface area contributed by atoms with Gasteiger partial charge in [0.25, 0.3) is 0 Å². The number of carbonyl (C=O) groups is 1. The predicted octanol–water partition coefficient (Wildman–Crippen LogP) is 3.05. The van der Waals surface area contributed by atoms with E-state index in [9.17, 15) is 9.90 Å². The van der Waals surface area contributed by atoms with Crippen molar-refractivity contribution in [2.45, 2.75) is 12.8 Å². The zero-order valence-corrected chi connectivity index (χ0v) is 12.0. The summed E-state index contributed by atoms with van der Waals surface area (Å²) < 4.78 is 0. The van der Waals surface area contributed by atoms with Crippen LogP contribution in [0.2, 0.25) is 0 Å². The van der Waals surface area contributed by atoms with Crippen LogP contribution in [0.25, 0.3) is 10.8 Å². The highest BCUT2D eigenvalue weighted by Crippen LogP contribution is 2.26. The molecule has 0 unspecified atom stereocenters. The molecule has 21 heavy (non-hydrogen) atoms. The fourth-order valence-corrected chi connectivity index (χ4v) is 2.99. The quantitative estimate of drug-likeness (QED) is 0.886. The van der Waals surface area contributed by atoms with E-state index < -0.39 is 5.97 Å². The number of fused-ring (bicyclic) bond motifs is 1. The number of anilines is 1. The average molecular weight is 284 g/mol. The molecule has 1 aliphatic rings. The lowest BCUT2D eigenvalue weighted by atomic mass is 10.0. The third-order valence-corrected chi connectivity index (χ3v) is 4.10. The Balaban J connectivity index is 1.79. The molecule has 3 rings (SSSR count). The highest BCUT2D eigenvalue weighted by Gasteiger charge is 2.12. The first-order valence-corrected chi connectivity index (χ1v) is 7.47. The van der Waals surface area contributed by atoms with E-state index in [1.165, 1.54) is 25.9 Å². The molecule has 1 aliphatic heterocycles. The number of rotatable bonds is 5. The van der Waals surface area contributed by atoms with Gasteiger partial charge in [0.15, 0.2) is 0 Å². The van der Waals surface area contributed by atoms with E-state index >= 15 is 0 Å². The minimum Gasteiger partial charge on any atom is -0.478 e. The molecule has 0 radical (unpaired) electrons. The van der Waals surface area contributed by atoms with Gasteiger partial charge in [0.1, 0.15) is 0 Å². The molecule has 1 saturated heterocycles. The van der Waals surface area contributed by atoms with Crippen LogP contribution < -0.4 is 5.32 Å². The predicted molar refractivity (Wildman–Crippen MR) is 85.1 cm³/mol. The smallest absolute Gasteiger partial charge is 0.336 e. The van der Waals surface area contributed by atoms with Gasteiger partial charge in [0.2, 0.25) is 0 Å². The fraction of sp³-hybridized carbons (Fsp3) is 0.353. The molecule has 0 spiro atoms. The molecule has 4 nitrogen and oxygen atoms in total. The van der Waals surface area contributed by atoms with Crippen molar-refractivity contribution in [2.24, 2.45) is 0 Å². The lowest BCUT2D eigenvalue weighted by Crippen LogP contribution is -2.26. The number of hydrogen-bond acceptors (Lipinski definition) is 3. The molecule has 0 atom stereocenters. The lowest BCUT2D eigenvalue weighted by Gasteiger charge is -2.16. The summed E-state index contributed by atoms with van der Waals surface area (Å²) in [6.07, 6.45) is 2.60. The minimum atomic E-state index is -0.880. The Morgan fingerprint density at radius 2 is 1.81 bits per heavy atom. The third kappa shape index (κ3) is 3.00. The van der Waals surface area contributed by atoms with Crippen molar-refractivity contribution in [1.82, 2.24) is 4.90 Å². The lowest BCUT2D eigenvalue weighted by molar-refractivity contribution is 0.0699. The van der Waals surface area contributed by atoms with E-state index in [-0.39, 0.29) is 0 Å². The Kier molecular flexibility index (Phi) is 4.06. The maximum atomic E-state index is 11.3. The summed E-state index contributed by atoms with van der Waals surface area (Å²) in [5.41, 5.74) is 1.37. The number of nitrogens with zero attached hydrogens (tertiary/aromatic N) is 1. The van der Waals surface area contributed by atoms with Crippen LogP contribution in [0.15, 0.2) is 36.4 Å². The number of likely N-dealkylation sites (tertiary alicyclic amines) is 1. The maximum Gasteiger partial charge on any atom is 0.336 e. The normalized spacial score (nSPS) is 15.4. The van der Waals surface area contributed by atoms with Gasteiger partial charge in [-0.2, -0.15) is 0 Å². The molecule has 1 heterocycles. The molecule has 0 bridgehead atoms. The summed E-state index contributed by atoms with van der Waals surface area (Å²) in [5.74, 6) is -0.880. The van der Waals surface area contributed by atoms with Crippen molar-refractivity contribution in [3.8, 4) is 0 Å². The number of hydrogen-bond donors (Lipinski definition) is 2. The van der Waals surface area contributed by atoms with Gasteiger partial charge in [-0.15, -0.1) is 0 Å². The van der Waals surface area contributed by atoms with Crippen molar-refractivity contribution in [3.05, 3.63) is 42.0 Å². The Morgan fingerprint density at radius 3 is 2.52 bits per heavy atom. The van der Waals surface area contributed by atoms with Crippen molar-refractivity contribution in [2.75, 3.05) is 31.5 Å². The summed E-state index contributed by atoms with van der Waals surface area (Å²) >= 11 is 0. The Bertz CT molecular complexity index is 648. The fourth-order valence-electron chi connectivity index (χ4n) is 2.99. The molecule has 4 heteroatoms. The summed E-state index contributed by atoms with van der Waals surface area (Å²) in [4.78, 5) is 13.7. The zero-order valence-electron chi connectivity index (χ0n) is 12.0. The molecular weight excluding hydrogens is 264 g/mol. The van der Waals surface area contributed by atoms with Crippen molar-refractivity contribution in [1.29, 1.82) is 0 Å². The van der Waals surface area contributed by atoms with Gasteiger partial charge < -0.3 is 15.3 Å². The van der Waals surface area contributed by atoms with E-state index in [1.54, 1.807) is 6.07 Å². The van der Waals surface area contributed by atoms with E-state index in [2.05, 4.69) is 10.2 Å². The zero-order chi connectivity index (χ0) is 14.7. The molecular formula is C17H20N2O2. The van der Waals surface area contributed by atoms with Gasteiger partial charge in [0.05, 0.1) is 5.56 Å². The van der Waals surface area contributed by atoms with E-state index in [0.717, 1.165) is 29.5 Å². The largest absolute Gasteiger partial charge is 0.478 e. The number of benzene rings is 2. The van der Waals surface area contributed by atoms with E-state index in [1.807, 2.05) is 30.3 Å². The van der Waals surface area contributed by atoms with Gasteiger partial charge in [-0.05, 0) is 43.5 Å². The van der Waals surface area contributed by atoms with Crippen LogP contribution in [0, 0.1) is 0 Å². The SMILES string of the molecule is O=C(O)c1ccc(NCCN2CCCC2)c2ccccc12. The van der Waals surface area contributed by atoms with Gasteiger partial charge >= 0.3 is 5.97 Å². The first-order valence-electron chi connectivity index (χ1n) is 7.47. The molecule has 0 aromatic heterocycles. The highest BCUT2D eigenvalue weighted by atomic mass is 16.4. The van der Waals surface area contributed by atoms with E-state index in [4.69, 9.17) is 0 Å². The summed E-state index contributed by atoms with van der Waals surface area (Å²) in [7, 11) is 0. The molecule has 0 aliphatic carbocycles. The van der Waals surface area contributed by atoms with Crippen LogP contribution in [0.4, 0.5) is 5.69 Å². The topological polar surface area (TPSA) is 52.6 Å². The van der Waals surface area contributed by atoms with Crippen molar-refractivity contribution < 1.29 is 9.90 Å². The van der Waals surface area contributed by atoms with Crippen LogP contribution in [-0.4, -0.2) is 42.2 Å². The highest BCUT2D eigenvalue weighted by molar-refractivity contribution is 6.07. The summed E-state index contributed by atoms with van der Waals surface area (Å²) in [5, 5.41) is 14.5. The van der Waals surface area contributed by atoms with Gasteiger partial charge in [-0.3, -0.25) is 0 Å². The standard InChI is InChI=1S/C17H20N2O2/c20-17(21)15-7-8-16(14-6-2-1-5-13(14)15)18-9-12-19-10-3-4-11-19/h1-2,5-8,18H,3-4,9-12H2,(H,20,21). The number of nitrogens with one attached hydrogen (secondary N) is 1. The molecule has 0 saturated carbocycles. The molecule has 0 amide bonds. The first kappa shape index (κ1) is 13.9. The van der Waals surface area contributed by atoms with Crippen LogP contribution in [0.5, 0.6) is 0 Å². The summed E-state index contributed by atoms with van der Waals surface area (Å²) in [6.45, 7) is 4.31. The molecule has 110 valence electrons. The number of aromatic carboxylic acids is 1. The Morgan fingerprint density at radius 1 is 1.10 bits per heavy atom. The Labute approximate surface area is 124 Å². The first-order chi connectivity index (χ1) is 10.3. The van der Waals surface area contributed by atoms with Gasteiger partial charge in [0, 0.05) is 24.2 Å². The number of carboxylic acids is 1. The average Bonchev–Trinajstić information content (AvgIpc) is 3.00. The molecule has 2 N–H and O–H groups in total. The van der Waals surface area contributed by atoms with Crippen LogP contribution >= 0.6 is 0 Å². The van der Waals surface area contributed by atoms with Crippen LogP contribution in [0.3, 0.4) is 0 Å². The summed E-state index contributed by atoms with van der Waals surface area (Å²) in [6, 6.07) is 11.2. The van der Waals surface area contributed by atoms with Crippen molar-refractivity contribution >= 4 is 22.4 Å². The molecule has 2 aromatic carbocycles. The second-order valence-corrected chi connectivity index (χ2v) is 5.49. The minimum absolute atomic E-state index is 0.357. The molecule has 2 aromatic rings. The van der Waals surface area contributed by atoms with Gasteiger partial charge in [-0.25, -0.2) is 4.79 Å².